The molecule has 0 aliphatic heterocycles. The Bertz CT molecular complexity index is 1100. The van der Waals surface area contributed by atoms with Crippen molar-refractivity contribution in [3.8, 4) is 5.75 Å². The summed E-state index contributed by atoms with van der Waals surface area (Å²) in [5.74, 6) is 1.61. The standard InChI is InChI=1S/C31H40FNO3/c1-6-25-9-8-10-26(13-15-29(25)32)33-21-24-12-16-30(34-5)28(20-24)31-22(3)11-14-27(19-23(31)4)36-18-17-35-7-2/h9-10,12,14-16,19-20,33H,6-8,11,13,17-18,21H2,1-5H3/b25-9?,26-10+,29-15+. The van der Waals surface area contributed by atoms with Crippen LogP contribution in [0.3, 0.4) is 0 Å². The van der Waals surface area contributed by atoms with Crippen LogP contribution < -0.4 is 10.1 Å². The van der Waals surface area contributed by atoms with E-state index in [1.807, 2.05) is 26.0 Å². The predicted octanol–water partition coefficient (Wildman–Crippen LogP) is 7.71. The van der Waals surface area contributed by atoms with Crippen molar-refractivity contribution >= 4 is 5.57 Å². The van der Waals surface area contributed by atoms with Gasteiger partial charge in [0.2, 0.25) is 0 Å². The maximum Gasteiger partial charge on any atom is 0.126 e. The number of hydrogen-bond acceptors (Lipinski definition) is 4. The molecule has 1 aromatic rings. The summed E-state index contributed by atoms with van der Waals surface area (Å²) in [7, 11) is 1.71. The van der Waals surface area contributed by atoms with E-state index < -0.39 is 0 Å². The molecule has 0 saturated heterocycles. The van der Waals surface area contributed by atoms with Crippen LogP contribution in [0, 0.1) is 0 Å². The highest BCUT2D eigenvalue weighted by Crippen LogP contribution is 2.37. The van der Waals surface area contributed by atoms with Crippen LogP contribution in [0.5, 0.6) is 5.75 Å². The van der Waals surface area contributed by atoms with E-state index in [2.05, 4.69) is 49.5 Å². The molecule has 2 aliphatic rings. The number of benzene rings is 1. The molecule has 0 radical (unpaired) electrons. The minimum atomic E-state index is -0.107. The third-order valence-electron chi connectivity index (χ3n) is 6.46. The zero-order chi connectivity index (χ0) is 25.9. The quantitative estimate of drug-likeness (QED) is 0.321. The summed E-state index contributed by atoms with van der Waals surface area (Å²) in [6.45, 7) is 10.7. The first-order valence-electron chi connectivity index (χ1n) is 12.9. The van der Waals surface area contributed by atoms with Crippen molar-refractivity contribution in [3.63, 3.8) is 0 Å². The lowest BCUT2D eigenvalue weighted by Gasteiger charge is -2.18. The normalized spacial score (nSPS) is 19.4. The summed E-state index contributed by atoms with van der Waals surface area (Å²) in [4.78, 5) is 0. The van der Waals surface area contributed by atoms with Crippen molar-refractivity contribution in [2.75, 3.05) is 26.9 Å². The molecule has 0 spiro atoms. The van der Waals surface area contributed by atoms with Crippen LogP contribution in [0.4, 0.5) is 4.39 Å². The molecule has 3 rings (SSSR count). The van der Waals surface area contributed by atoms with E-state index in [0.717, 1.165) is 52.3 Å². The van der Waals surface area contributed by atoms with E-state index in [1.165, 1.54) is 11.1 Å². The average Bonchev–Trinajstić information content (AvgIpc) is 3.01. The first-order valence-corrected chi connectivity index (χ1v) is 12.9. The van der Waals surface area contributed by atoms with Gasteiger partial charge in [-0.15, -0.1) is 0 Å². The van der Waals surface area contributed by atoms with Crippen molar-refractivity contribution < 1.29 is 18.6 Å². The highest BCUT2D eigenvalue weighted by atomic mass is 19.1. The number of ether oxygens (including phenoxy) is 3. The van der Waals surface area contributed by atoms with Gasteiger partial charge in [0.1, 0.15) is 23.9 Å². The highest BCUT2D eigenvalue weighted by Gasteiger charge is 2.17. The van der Waals surface area contributed by atoms with Crippen molar-refractivity contribution in [3.05, 3.63) is 93.7 Å². The zero-order valence-corrected chi connectivity index (χ0v) is 22.4. The lowest BCUT2D eigenvalue weighted by molar-refractivity contribution is 0.0863. The van der Waals surface area contributed by atoms with Crippen molar-refractivity contribution in [1.29, 1.82) is 0 Å². The van der Waals surface area contributed by atoms with Crippen LogP contribution in [0.1, 0.15) is 64.5 Å². The second-order valence-electron chi connectivity index (χ2n) is 9.03. The number of allylic oxidation sites excluding steroid dienone is 10. The second kappa shape index (κ2) is 13.9. The Labute approximate surface area is 215 Å². The van der Waals surface area contributed by atoms with Gasteiger partial charge < -0.3 is 19.5 Å². The molecule has 0 heterocycles. The minimum absolute atomic E-state index is 0.107. The van der Waals surface area contributed by atoms with Gasteiger partial charge >= 0.3 is 0 Å². The Hall–Kier alpha value is -3.05. The Morgan fingerprint density at radius 3 is 2.58 bits per heavy atom. The molecule has 0 aromatic heterocycles. The Morgan fingerprint density at radius 2 is 1.83 bits per heavy atom. The van der Waals surface area contributed by atoms with Gasteiger partial charge in [0.25, 0.3) is 0 Å². The second-order valence-corrected chi connectivity index (χ2v) is 9.03. The van der Waals surface area contributed by atoms with Crippen LogP contribution in [0.2, 0.25) is 0 Å². The molecule has 0 unspecified atom stereocenters. The molecule has 0 saturated carbocycles. The van der Waals surface area contributed by atoms with Gasteiger partial charge in [0.05, 0.1) is 13.7 Å². The lowest BCUT2D eigenvalue weighted by Crippen LogP contribution is -2.13. The van der Waals surface area contributed by atoms with Crippen LogP contribution in [-0.4, -0.2) is 26.9 Å². The molecule has 1 aromatic carbocycles. The van der Waals surface area contributed by atoms with E-state index in [9.17, 15) is 4.39 Å². The molecule has 194 valence electrons. The zero-order valence-electron chi connectivity index (χ0n) is 22.4. The lowest BCUT2D eigenvalue weighted by atomic mass is 9.92. The molecule has 0 bridgehead atoms. The summed E-state index contributed by atoms with van der Waals surface area (Å²) >= 11 is 0. The van der Waals surface area contributed by atoms with Gasteiger partial charge in [-0.05, 0) is 92.7 Å². The Kier molecular flexibility index (Phi) is 10.6. The molecule has 0 amide bonds. The van der Waals surface area contributed by atoms with E-state index in [1.54, 1.807) is 13.2 Å². The SMILES string of the molecule is CCOCCOC1=CCC(C)=C(c2cc(CN/C3=C/CC=C(CC)/C(F)=C\C3)ccc2OC)C(C)=C1. The predicted molar refractivity (Wildman–Crippen MR) is 146 cm³/mol. The van der Waals surface area contributed by atoms with Gasteiger partial charge in [-0.25, -0.2) is 4.39 Å². The number of hydrogen-bond donors (Lipinski definition) is 1. The van der Waals surface area contributed by atoms with Gasteiger partial charge in [-0.2, -0.15) is 0 Å². The smallest absolute Gasteiger partial charge is 0.126 e. The Balaban J connectivity index is 1.78. The summed E-state index contributed by atoms with van der Waals surface area (Å²) < 4.78 is 31.4. The molecule has 0 fully saturated rings. The van der Waals surface area contributed by atoms with Crippen LogP contribution in [0.15, 0.2) is 82.6 Å². The first kappa shape index (κ1) is 27.5. The molecule has 0 atom stereocenters. The van der Waals surface area contributed by atoms with E-state index in [-0.39, 0.29) is 5.83 Å². The molecule has 4 nitrogen and oxygen atoms in total. The van der Waals surface area contributed by atoms with E-state index in [4.69, 9.17) is 14.2 Å². The highest BCUT2D eigenvalue weighted by molar-refractivity contribution is 5.85. The molecule has 36 heavy (non-hydrogen) atoms. The monoisotopic (exact) mass is 493 g/mol. The fraction of sp³-hybridized carbons (Fsp3) is 0.419. The van der Waals surface area contributed by atoms with Crippen LogP contribution >= 0.6 is 0 Å². The van der Waals surface area contributed by atoms with Gasteiger partial charge in [0, 0.05) is 30.8 Å². The average molecular weight is 494 g/mol. The molecular weight excluding hydrogens is 453 g/mol. The fourth-order valence-electron chi connectivity index (χ4n) is 4.53. The van der Waals surface area contributed by atoms with E-state index >= 15 is 0 Å². The maximum atomic E-state index is 14.3. The number of methoxy groups -OCH3 is 1. The Morgan fingerprint density at radius 1 is 1.00 bits per heavy atom. The van der Waals surface area contributed by atoms with Crippen molar-refractivity contribution in [2.45, 2.75) is 59.9 Å². The van der Waals surface area contributed by atoms with Gasteiger partial charge in [-0.1, -0.05) is 30.7 Å². The number of nitrogens with one attached hydrogen (secondary N) is 1. The molecular formula is C31H40FNO3. The summed E-state index contributed by atoms with van der Waals surface area (Å²) in [5, 5.41) is 3.51. The molecule has 2 aliphatic carbocycles. The van der Waals surface area contributed by atoms with E-state index in [0.29, 0.717) is 39.2 Å². The van der Waals surface area contributed by atoms with Gasteiger partial charge in [0.15, 0.2) is 0 Å². The molecule has 5 heteroatoms. The van der Waals surface area contributed by atoms with Crippen LogP contribution in [0.25, 0.3) is 5.57 Å². The van der Waals surface area contributed by atoms with Gasteiger partial charge in [-0.3, -0.25) is 0 Å². The fourth-order valence-corrected chi connectivity index (χ4v) is 4.53. The third-order valence-corrected chi connectivity index (χ3v) is 6.46. The van der Waals surface area contributed by atoms with Crippen LogP contribution in [-0.2, 0) is 16.0 Å². The first-order chi connectivity index (χ1) is 17.5. The summed E-state index contributed by atoms with van der Waals surface area (Å²) in [6.07, 6.45) is 12.8. The minimum Gasteiger partial charge on any atom is -0.496 e. The largest absolute Gasteiger partial charge is 0.496 e. The molecule has 1 N–H and O–H groups in total. The number of halogens is 1. The topological polar surface area (TPSA) is 39.7 Å². The summed E-state index contributed by atoms with van der Waals surface area (Å²) in [6, 6.07) is 6.30. The van der Waals surface area contributed by atoms with Crippen molar-refractivity contribution in [2.24, 2.45) is 0 Å². The maximum absolute atomic E-state index is 14.3. The summed E-state index contributed by atoms with van der Waals surface area (Å²) in [5.41, 5.74) is 7.61. The third kappa shape index (κ3) is 7.47. The number of rotatable bonds is 11. The van der Waals surface area contributed by atoms with Crippen molar-refractivity contribution in [1.82, 2.24) is 5.32 Å².